The van der Waals surface area contributed by atoms with Crippen LogP contribution in [0.5, 0.6) is 0 Å². The summed E-state index contributed by atoms with van der Waals surface area (Å²) in [5.41, 5.74) is 1.58. The molecule has 2 rings (SSSR count). The zero-order chi connectivity index (χ0) is 10.8. The van der Waals surface area contributed by atoms with Gasteiger partial charge in [-0.3, -0.25) is 4.57 Å². The predicted molar refractivity (Wildman–Crippen MR) is 68.1 cm³/mol. The molecule has 0 saturated heterocycles. The maximum absolute atomic E-state index is 11.5. The van der Waals surface area contributed by atoms with Crippen LogP contribution >= 0.6 is 22.6 Å². The van der Waals surface area contributed by atoms with Crippen LogP contribution in [-0.4, -0.2) is 4.57 Å². The second-order valence-electron chi connectivity index (χ2n) is 3.49. The Hall–Kier alpha value is -0.780. The number of rotatable bonds is 3. The molecule has 4 heteroatoms. The zero-order valence-corrected chi connectivity index (χ0v) is 10.7. The largest absolute Gasteiger partial charge is 0.419 e. The highest BCUT2D eigenvalue weighted by atomic mass is 127. The van der Waals surface area contributed by atoms with E-state index < -0.39 is 0 Å². The van der Waals surface area contributed by atoms with Crippen molar-refractivity contribution in [2.45, 2.75) is 26.3 Å². The zero-order valence-electron chi connectivity index (χ0n) is 8.50. The third-order valence-corrected chi connectivity index (χ3v) is 3.04. The van der Waals surface area contributed by atoms with Crippen molar-refractivity contribution in [3.8, 4) is 0 Å². The van der Waals surface area contributed by atoms with Gasteiger partial charge in [0.25, 0.3) is 0 Å². The Labute approximate surface area is 101 Å². The molecule has 0 amide bonds. The maximum atomic E-state index is 11.5. The lowest BCUT2D eigenvalue weighted by Gasteiger charge is -1.99. The van der Waals surface area contributed by atoms with Crippen LogP contribution in [0, 0.1) is 3.57 Å². The standard InChI is InChI=1S/C11H12INO2/c1-2-3-6-13-9-5-4-8(12)7-10(9)15-11(13)14/h4-5,7H,2-3,6H2,1H3. The van der Waals surface area contributed by atoms with E-state index in [1.807, 2.05) is 18.2 Å². The molecule has 0 aliphatic rings. The molecular formula is C11H12INO2. The molecule has 1 heterocycles. The van der Waals surface area contributed by atoms with Crippen molar-refractivity contribution in [1.29, 1.82) is 0 Å². The molecule has 0 radical (unpaired) electrons. The third kappa shape index (κ3) is 2.09. The molecule has 0 unspecified atom stereocenters. The van der Waals surface area contributed by atoms with Crippen molar-refractivity contribution in [2.24, 2.45) is 0 Å². The first-order valence-corrected chi connectivity index (χ1v) is 6.09. The molecule has 0 bridgehead atoms. The van der Waals surface area contributed by atoms with E-state index in [1.54, 1.807) is 4.57 Å². The van der Waals surface area contributed by atoms with Gasteiger partial charge in [-0.2, -0.15) is 0 Å². The molecule has 80 valence electrons. The first kappa shape index (κ1) is 10.7. The quantitative estimate of drug-likeness (QED) is 0.816. The Morgan fingerprint density at radius 1 is 1.47 bits per heavy atom. The molecule has 15 heavy (non-hydrogen) atoms. The molecule has 0 atom stereocenters. The van der Waals surface area contributed by atoms with E-state index in [-0.39, 0.29) is 5.76 Å². The van der Waals surface area contributed by atoms with Gasteiger partial charge >= 0.3 is 5.76 Å². The van der Waals surface area contributed by atoms with Gasteiger partial charge in [-0.1, -0.05) is 13.3 Å². The number of hydrogen-bond donors (Lipinski definition) is 0. The second-order valence-corrected chi connectivity index (χ2v) is 4.73. The second kappa shape index (κ2) is 4.38. The van der Waals surface area contributed by atoms with E-state index in [4.69, 9.17) is 4.42 Å². The number of aryl methyl sites for hydroxylation is 1. The van der Waals surface area contributed by atoms with Crippen molar-refractivity contribution in [1.82, 2.24) is 4.57 Å². The molecule has 0 saturated carbocycles. The van der Waals surface area contributed by atoms with Crippen LogP contribution in [0.3, 0.4) is 0 Å². The van der Waals surface area contributed by atoms with Gasteiger partial charge in [0.05, 0.1) is 5.52 Å². The average Bonchev–Trinajstić information content (AvgIpc) is 2.50. The minimum atomic E-state index is -0.250. The Morgan fingerprint density at radius 2 is 2.27 bits per heavy atom. The lowest BCUT2D eigenvalue weighted by Crippen LogP contribution is -2.13. The minimum Gasteiger partial charge on any atom is -0.408 e. The lowest BCUT2D eigenvalue weighted by atomic mass is 10.3. The SMILES string of the molecule is CCCCn1c(=O)oc2cc(I)ccc21. The van der Waals surface area contributed by atoms with E-state index in [0.717, 1.165) is 28.5 Å². The molecule has 0 aliphatic heterocycles. The molecule has 1 aromatic carbocycles. The Morgan fingerprint density at radius 3 is 3.00 bits per heavy atom. The normalized spacial score (nSPS) is 11.1. The van der Waals surface area contributed by atoms with Crippen LogP contribution in [0.2, 0.25) is 0 Å². The van der Waals surface area contributed by atoms with Crippen molar-refractivity contribution in [3.05, 3.63) is 32.3 Å². The number of halogens is 1. The Bertz CT molecular complexity index is 527. The van der Waals surface area contributed by atoms with E-state index in [0.29, 0.717) is 5.58 Å². The summed E-state index contributed by atoms with van der Waals surface area (Å²) in [5, 5.41) is 0. The lowest BCUT2D eigenvalue weighted by molar-refractivity contribution is 0.496. The highest BCUT2D eigenvalue weighted by molar-refractivity contribution is 14.1. The molecule has 0 aliphatic carbocycles. The van der Waals surface area contributed by atoms with Gasteiger partial charge in [0.1, 0.15) is 0 Å². The number of nitrogens with zero attached hydrogens (tertiary/aromatic N) is 1. The van der Waals surface area contributed by atoms with Crippen molar-refractivity contribution in [2.75, 3.05) is 0 Å². The molecular weight excluding hydrogens is 305 g/mol. The van der Waals surface area contributed by atoms with Gasteiger partial charge in [-0.25, -0.2) is 4.79 Å². The molecule has 0 N–H and O–H groups in total. The fraction of sp³-hybridized carbons (Fsp3) is 0.364. The highest BCUT2D eigenvalue weighted by Crippen LogP contribution is 2.16. The van der Waals surface area contributed by atoms with Crippen LogP contribution in [0.25, 0.3) is 11.1 Å². The van der Waals surface area contributed by atoms with Gasteiger partial charge in [-0.05, 0) is 47.2 Å². The number of fused-ring (bicyclic) bond motifs is 1. The van der Waals surface area contributed by atoms with E-state index in [9.17, 15) is 4.79 Å². The van der Waals surface area contributed by atoms with Gasteiger partial charge in [-0.15, -0.1) is 0 Å². The van der Waals surface area contributed by atoms with Crippen LogP contribution < -0.4 is 5.76 Å². The predicted octanol–water partition coefficient (Wildman–Crippen LogP) is 3.00. The highest BCUT2D eigenvalue weighted by Gasteiger charge is 2.08. The third-order valence-electron chi connectivity index (χ3n) is 2.37. The first-order valence-electron chi connectivity index (χ1n) is 5.01. The van der Waals surface area contributed by atoms with Crippen LogP contribution in [0.15, 0.2) is 27.4 Å². The van der Waals surface area contributed by atoms with Gasteiger partial charge in [0.15, 0.2) is 5.58 Å². The Kier molecular flexibility index (Phi) is 3.14. The average molecular weight is 317 g/mol. The summed E-state index contributed by atoms with van der Waals surface area (Å²) in [7, 11) is 0. The van der Waals surface area contributed by atoms with E-state index in [1.165, 1.54) is 0 Å². The van der Waals surface area contributed by atoms with Gasteiger partial charge in [0.2, 0.25) is 0 Å². The summed E-state index contributed by atoms with van der Waals surface area (Å²) in [6.07, 6.45) is 2.07. The van der Waals surface area contributed by atoms with Crippen LogP contribution in [0.1, 0.15) is 19.8 Å². The summed E-state index contributed by atoms with van der Waals surface area (Å²) in [6.45, 7) is 2.85. The summed E-state index contributed by atoms with van der Waals surface area (Å²) < 4.78 is 7.96. The van der Waals surface area contributed by atoms with Crippen molar-refractivity contribution >= 4 is 33.7 Å². The maximum Gasteiger partial charge on any atom is 0.419 e. The Balaban J connectivity index is 2.53. The summed E-state index contributed by atoms with van der Waals surface area (Å²) in [5.74, 6) is -0.250. The number of hydrogen-bond acceptors (Lipinski definition) is 2. The van der Waals surface area contributed by atoms with Crippen molar-refractivity contribution in [3.63, 3.8) is 0 Å². The summed E-state index contributed by atoms with van der Waals surface area (Å²) >= 11 is 2.21. The fourth-order valence-electron chi connectivity index (χ4n) is 1.57. The molecule has 1 aromatic heterocycles. The molecule has 0 spiro atoms. The topological polar surface area (TPSA) is 35.1 Å². The van der Waals surface area contributed by atoms with Crippen molar-refractivity contribution < 1.29 is 4.42 Å². The van der Waals surface area contributed by atoms with E-state index in [2.05, 4.69) is 29.5 Å². The molecule has 0 fully saturated rings. The number of benzene rings is 1. The van der Waals surface area contributed by atoms with Gasteiger partial charge < -0.3 is 4.42 Å². The fourth-order valence-corrected chi connectivity index (χ4v) is 2.03. The number of unbranched alkanes of at least 4 members (excludes halogenated alkanes) is 1. The van der Waals surface area contributed by atoms with Gasteiger partial charge in [0, 0.05) is 10.1 Å². The summed E-state index contributed by atoms with van der Waals surface area (Å²) in [6, 6.07) is 5.82. The van der Waals surface area contributed by atoms with Crippen LogP contribution in [0.4, 0.5) is 0 Å². The van der Waals surface area contributed by atoms with Crippen LogP contribution in [-0.2, 0) is 6.54 Å². The first-order chi connectivity index (χ1) is 7.22. The number of aromatic nitrogens is 1. The smallest absolute Gasteiger partial charge is 0.408 e. The van der Waals surface area contributed by atoms with E-state index >= 15 is 0 Å². The number of oxazole rings is 1. The minimum absolute atomic E-state index is 0.250. The summed E-state index contributed by atoms with van der Waals surface area (Å²) in [4.78, 5) is 11.5. The molecule has 2 aromatic rings. The monoisotopic (exact) mass is 317 g/mol. The molecule has 3 nitrogen and oxygen atoms in total.